The molecule has 0 saturated heterocycles. The molecule has 0 heterocycles. The lowest BCUT2D eigenvalue weighted by molar-refractivity contribution is 0.102. The van der Waals surface area contributed by atoms with Crippen LogP contribution in [-0.4, -0.2) is 5.91 Å². The van der Waals surface area contributed by atoms with Gasteiger partial charge in [0.15, 0.2) is 0 Å². The molecule has 0 aromatic heterocycles. The van der Waals surface area contributed by atoms with Crippen LogP contribution in [0, 0.1) is 10.5 Å². The summed E-state index contributed by atoms with van der Waals surface area (Å²) in [5, 5.41) is 3.49. The summed E-state index contributed by atoms with van der Waals surface area (Å²) < 4.78 is 0.922. The maximum absolute atomic E-state index is 12.1. The Balaban J connectivity index is 2.22. The molecule has 18 heavy (non-hydrogen) atoms. The molecular formula is C14H11ClINO. The van der Waals surface area contributed by atoms with Crippen molar-refractivity contribution >= 4 is 45.8 Å². The number of hydrogen-bond acceptors (Lipinski definition) is 1. The van der Waals surface area contributed by atoms with Crippen molar-refractivity contribution < 1.29 is 4.79 Å². The van der Waals surface area contributed by atoms with Crippen LogP contribution in [0.15, 0.2) is 42.5 Å². The highest BCUT2D eigenvalue weighted by Crippen LogP contribution is 2.21. The second-order valence-electron chi connectivity index (χ2n) is 3.90. The first-order valence-electron chi connectivity index (χ1n) is 5.40. The van der Waals surface area contributed by atoms with E-state index < -0.39 is 0 Å². The van der Waals surface area contributed by atoms with Crippen LogP contribution >= 0.6 is 34.2 Å². The highest BCUT2D eigenvalue weighted by Gasteiger charge is 2.09. The number of nitrogens with one attached hydrogen (secondary N) is 1. The van der Waals surface area contributed by atoms with Crippen molar-refractivity contribution in [2.75, 3.05) is 5.32 Å². The van der Waals surface area contributed by atoms with Gasteiger partial charge in [0.25, 0.3) is 5.91 Å². The molecule has 0 saturated carbocycles. The number of hydrogen-bond donors (Lipinski definition) is 1. The predicted octanol–water partition coefficient (Wildman–Crippen LogP) is 4.51. The summed E-state index contributed by atoms with van der Waals surface area (Å²) in [4.78, 5) is 12.1. The molecule has 0 spiro atoms. The van der Waals surface area contributed by atoms with Gasteiger partial charge in [0.2, 0.25) is 0 Å². The lowest BCUT2D eigenvalue weighted by Gasteiger charge is -2.08. The van der Waals surface area contributed by atoms with Crippen molar-refractivity contribution in [1.82, 2.24) is 0 Å². The minimum Gasteiger partial charge on any atom is -0.322 e. The van der Waals surface area contributed by atoms with E-state index in [9.17, 15) is 4.79 Å². The highest BCUT2D eigenvalue weighted by molar-refractivity contribution is 14.1. The second kappa shape index (κ2) is 5.71. The number of carbonyl (C=O) groups is 1. The number of aryl methyl sites for hydroxylation is 1. The zero-order valence-electron chi connectivity index (χ0n) is 9.71. The molecule has 0 aliphatic heterocycles. The molecule has 2 aromatic carbocycles. The van der Waals surface area contributed by atoms with Crippen LogP contribution in [0.2, 0.25) is 5.02 Å². The van der Waals surface area contributed by atoms with E-state index in [-0.39, 0.29) is 5.91 Å². The standard InChI is InChI=1S/C14H11ClINO/c1-9-6-7-10(8-12(9)15)17-14(18)11-4-2-3-5-13(11)16/h2-8H,1H3,(H,17,18). The van der Waals surface area contributed by atoms with Crippen molar-refractivity contribution in [2.45, 2.75) is 6.92 Å². The average Bonchev–Trinajstić information content (AvgIpc) is 2.34. The average molecular weight is 372 g/mol. The molecule has 2 nitrogen and oxygen atoms in total. The van der Waals surface area contributed by atoms with Gasteiger partial charge in [-0.3, -0.25) is 4.79 Å². The van der Waals surface area contributed by atoms with Gasteiger partial charge in [-0.25, -0.2) is 0 Å². The summed E-state index contributed by atoms with van der Waals surface area (Å²) in [6, 6.07) is 12.9. The molecule has 2 rings (SSSR count). The second-order valence-corrected chi connectivity index (χ2v) is 5.47. The third-order valence-corrected chi connectivity index (χ3v) is 3.90. The number of benzene rings is 2. The molecule has 2 aromatic rings. The lowest BCUT2D eigenvalue weighted by atomic mass is 10.2. The van der Waals surface area contributed by atoms with Crippen LogP contribution in [0.4, 0.5) is 5.69 Å². The molecule has 0 aliphatic carbocycles. The summed E-state index contributed by atoms with van der Waals surface area (Å²) in [5.74, 6) is -0.125. The Morgan fingerprint density at radius 2 is 1.94 bits per heavy atom. The smallest absolute Gasteiger partial charge is 0.256 e. The van der Waals surface area contributed by atoms with Crippen LogP contribution < -0.4 is 5.32 Å². The van der Waals surface area contributed by atoms with Gasteiger partial charge in [-0.15, -0.1) is 0 Å². The van der Waals surface area contributed by atoms with Crippen molar-refractivity contribution in [3.8, 4) is 0 Å². The molecule has 0 atom stereocenters. The number of rotatable bonds is 2. The summed E-state index contributed by atoms with van der Waals surface area (Å²) in [6.07, 6.45) is 0. The van der Waals surface area contributed by atoms with E-state index in [2.05, 4.69) is 27.9 Å². The topological polar surface area (TPSA) is 29.1 Å². The Kier molecular flexibility index (Phi) is 4.24. The fourth-order valence-electron chi connectivity index (χ4n) is 1.51. The van der Waals surface area contributed by atoms with E-state index in [0.29, 0.717) is 16.3 Å². The molecule has 4 heteroatoms. The molecule has 0 unspecified atom stereocenters. The van der Waals surface area contributed by atoms with Crippen LogP contribution in [0.3, 0.4) is 0 Å². The predicted molar refractivity (Wildman–Crippen MR) is 83.3 cm³/mol. The van der Waals surface area contributed by atoms with Crippen molar-refractivity contribution in [3.63, 3.8) is 0 Å². The van der Waals surface area contributed by atoms with E-state index in [0.717, 1.165) is 9.13 Å². The first-order valence-corrected chi connectivity index (χ1v) is 6.85. The van der Waals surface area contributed by atoms with Crippen LogP contribution in [0.25, 0.3) is 0 Å². The van der Waals surface area contributed by atoms with Gasteiger partial charge in [0.05, 0.1) is 5.56 Å². The Morgan fingerprint density at radius 3 is 2.61 bits per heavy atom. The largest absolute Gasteiger partial charge is 0.322 e. The van der Waals surface area contributed by atoms with E-state index in [1.54, 1.807) is 12.1 Å². The normalized spacial score (nSPS) is 10.2. The zero-order chi connectivity index (χ0) is 13.1. The molecule has 0 aliphatic rings. The lowest BCUT2D eigenvalue weighted by Crippen LogP contribution is -2.13. The molecule has 1 amide bonds. The maximum atomic E-state index is 12.1. The first kappa shape index (κ1) is 13.4. The molecule has 0 radical (unpaired) electrons. The van der Waals surface area contributed by atoms with Gasteiger partial charge in [0, 0.05) is 14.3 Å². The summed E-state index contributed by atoms with van der Waals surface area (Å²) >= 11 is 8.17. The third-order valence-electron chi connectivity index (χ3n) is 2.55. The Bertz CT molecular complexity index is 598. The number of anilines is 1. The van der Waals surface area contributed by atoms with E-state index >= 15 is 0 Å². The van der Waals surface area contributed by atoms with Crippen molar-refractivity contribution in [2.24, 2.45) is 0 Å². The molecule has 0 fully saturated rings. The van der Waals surface area contributed by atoms with E-state index in [1.807, 2.05) is 37.3 Å². The zero-order valence-corrected chi connectivity index (χ0v) is 12.6. The number of halogens is 2. The summed E-state index contributed by atoms with van der Waals surface area (Å²) in [6.45, 7) is 1.92. The molecule has 0 bridgehead atoms. The van der Waals surface area contributed by atoms with Gasteiger partial charge in [0.1, 0.15) is 0 Å². The molecular weight excluding hydrogens is 361 g/mol. The Morgan fingerprint density at radius 1 is 1.22 bits per heavy atom. The van der Waals surface area contributed by atoms with Gasteiger partial charge in [-0.05, 0) is 59.3 Å². The van der Waals surface area contributed by atoms with Crippen molar-refractivity contribution in [3.05, 3.63) is 62.2 Å². The van der Waals surface area contributed by atoms with Crippen LogP contribution in [0.5, 0.6) is 0 Å². The molecule has 1 N–H and O–H groups in total. The fraction of sp³-hybridized carbons (Fsp3) is 0.0714. The highest BCUT2D eigenvalue weighted by atomic mass is 127. The van der Waals surface area contributed by atoms with E-state index in [4.69, 9.17) is 11.6 Å². The fourth-order valence-corrected chi connectivity index (χ4v) is 2.33. The van der Waals surface area contributed by atoms with Gasteiger partial charge in [-0.1, -0.05) is 29.8 Å². The first-order chi connectivity index (χ1) is 8.58. The van der Waals surface area contributed by atoms with Gasteiger partial charge < -0.3 is 5.32 Å². The van der Waals surface area contributed by atoms with Gasteiger partial charge in [-0.2, -0.15) is 0 Å². The van der Waals surface area contributed by atoms with Crippen LogP contribution in [0.1, 0.15) is 15.9 Å². The molecule has 92 valence electrons. The SMILES string of the molecule is Cc1ccc(NC(=O)c2ccccc2I)cc1Cl. The maximum Gasteiger partial charge on any atom is 0.256 e. The minimum atomic E-state index is -0.125. The Hall–Kier alpha value is -1.07. The third kappa shape index (κ3) is 3.03. The number of amides is 1. The monoisotopic (exact) mass is 371 g/mol. The van der Waals surface area contributed by atoms with Gasteiger partial charge >= 0.3 is 0 Å². The summed E-state index contributed by atoms with van der Waals surface area (Å²) in [5.41, 5.74) is 2.36. The van der Waals surface area contributed by atoms with Crippen molar-refractivity contribution in [1.29, 1.82) is 0 Å². The van der Waals surface area contributed by atoms with Crippen LogP contribution in [-0.2, 0) is 0 Å². The minimum absolute atomic E-state index is 0.125. The summed E-state index contributed by atoms with van der Waals surface area (Å²) in [7, 11) is 0. The van der Waals surface area contributed by atoms with E-state index in [1.165, 1.54) is 0 Å². The number of carbonyl (C=O) groups excluding carboxylic acids is 1. The Labute approximate surface area is 124 Å². The quantitative estimate of drug-likeness (QED) is 0.774.